The number of hydrogen-bond acceptors (Lipinski definition) is 5. The monoisotopic (exact) mass is 521 g/mol. The highest BCUT2D eigenvalue weighted by Crippen LogP contribution is 2.35. The first-order chi connectivity index (χ1) is 16.8. The normalized spacial score (nSPS) is 15.0. The van der Waals surface area contributed by atoms with Crippen LogP contribution in [-0.2, 0) is 11.0 Å². The zero-order valence-electron chi connectivity index (χ0n) is 18.6. The summed E-state index contributed by atoms with van der Waals surface area (Å²) in [5.41, 5.74) is 3.01. The molecule has 35 heavy (non-hydrogen) atoms. The molecule has 1 saturated carbocycles. The molecule has 0 aliphatic heterocycles. The molecule has 1 aromatic heterocycles. The lowest BCUT2D eigenvalue weighted by atomic mass is 9.95. The van der Waals surface area contributed by atoms with Crippen molar-refractivity contribution in [3.05, 3.63) is 64.7 Å². The van der Waals surface area contributed by atoms with E-state index in [2.05, 4.69) is 25.3 Å². The summed E-state index contributed by atoms with van der Waals surface area (Å²) in [6.07, 6.45) is 2.42. The van der Waals surface area contributed by atoms with E-state index in [0.717, 1.165) is 49.2 Å². The number of carbonyl (C=O) groups is 1. The smallest absolute Gasteiger partial charge is 0.299 e. The molecule has 1 aliphatic rings. The quantitative estimate of drug-likeness (QED) is 0.223. The number of carbonyl (C=O) groups excluding carboxylic acids is 1. The summed E-state index contributed by atoms with van der Waals surface area (Å²) >= 11 is 7.31. The first kappa shape index (κ1) is 25.2. The molecule has 6 nitrogen and oxygen atoms in total. The molecule has 1 aliphatic carbocycles. The van der Waals surface area contributed by atoms with Crippen LogP contribution in [0.15, 0.2) is 58.8 Å². The van der Waals surface area contributed by atoms with Crippen molar-refractivity contribution in [2.45, 2.75) is 49.5 Å². The first-order valence-corrected chi connectivity index (χ1v) is 12.5. The highest BCUT2D eigenvalue weighted by molar-refractivity contribution is 7.99. The Bertz CT molecular complexity index is 1170. The molecule has 0 saturated heterocycles. The Labute approximate surface area is 210 Å². The maximum Gasteiger partial charge on any atom is 0.416 e. The van der Waals surface area contributed by atoms with Crippen molar-refractivity contribution in [3.8, 4) is 11.4 Å². The molecular formula is C24H23ClF3N5OS. The molecule has 11 heteroatoms. The predicted octanol–water partition coefficient (Wildman–Crippen LogP) is 6.36. The van der Waals surface area contributed by atoms with Gasteiger partial charge in [-0.25, -0.2) is 5.43 Å². The Morgan fingerprint density at radius 1 is 1.09 bits per heavy atom. The number of alkyl halides is 3. The van der Waals surface area contributed by atoms with E-state index in [1.807, 2.05) is 24.3 Å². The Morgan fingerprint density at radius 3 is 2.43 bits per heavy atom. The first-order valence-electron chi connectivity index (χ1n) is 11.1. The van der Waals surface area contributed by atoms with Crippen molar-refractivity contribution in [3.63, 3.8) is 0 Å². The molecule has 0 atom stereocenters. The van der Waals surface area contributed by atoms with Crippen LogP contribution in [0.1, 0.15) is 49.3 Å². The van der Waals surface area contributed by atoms with Crippen LogP contribution in [0.4, 0.5) is 13.2 Å². The minimum absolute atomic E-state index is 0.0653. The third-order valence-corrected chi connectivity index (χ3v) is 6.88. The molecule has 1 fully saturated rings. The van der Waals surface area contributed by atoms with Crippen molar-refractivity contribution >= 4 is 35.5 Å². The number of nitrogens with one attached hydrogen (secondary N) is 1. The minimum atomic E-state index is -4.40. The Morgan fingerprint density at radius 2 is 1.77 bits per heavy atom. The van der Waals surface area contributed by atoms with Crippen LogP contribution in [0.5, 0.6) is 0 Å². The number of amides is 1. The molecule has 0 radical (unpaired) electrons. The highest BCUT2D eigenvalue weighted by Gasteiger charge is 2.30. The van der Waals surface area contributed by atoms with Gasteiger partial charge in [0.2, 0.25) is 0 Å². The van der Waals surface area contributed by atoms with Gasteiger partial charge in [0.15, 0.2) is 11.0 Å². The largest absolute Gasteiger partial charge is 0.416 e. The zero-order chi connectivity index (χ0) is 24.8. The van der Waals surface area contributed by atoms with E-state index in [0.29, 0.717) is 15.7 Å². The molecule has 0 bridgehead atoms. The third-order valence-electron chi connectivity index (χ3n) is 5.68. The Kier molecular flexibility index (Phi) is 8.12. The molecule has 3 aromatic rings. The van der Waals surface area contributed by atoms with Gasteiger partial charge in [0.25, 0.3) is 5.91 Å². The molecule has 1 heterocycles. The summed E-state index contributed by atoms with van der Waals surface area (Å²) in [5, 5.41) is 13.9. The second-order valence-electron chi connectivity index (χ2n) is 8.18. The predicted molar refractivity (Wildman–Crippen MR) is 130 cm³/mol. The van der Waals surface area contributed by atoms with Gasteiger partial charge < -0.3 is 0 Å². The van der Waals surface area contributed by atoms with Gasteiger partial charge in [-0.2, -0.15) is 18.3 Å². The van der Waals surface area contributed by atoms with Crippen LogP contribution in [0.3, 0.4) is 0 Å². The van der Waals surface area contributed by atoms with Crippen molar-refractivity contribution in [1.82, 2.24) is 20.2 Å². The molecule has 2 aromatic carbocycles. The number of halogens is 4. The van der Waals surface area contributed by atoms with Gasteiger partial charge in [-0.1, -0.05) is 54.8 Å². The van der Waals surface area contributed by atoms with Crippen molar-refractivity contribution in [2.24, 2.45) is 5.10 Å². The topological polar surface area (TPSA) is 72.2 Å². The van der Waals surface area contributed by atoms with Crippen molar-refractivity contribution in [1.29, 1.82) is 0 Å². The molecule has 184 valence electrons. The number of rotatable bonds is 7. The number of hydrogen-bond donors (Lipinski definition) is 1. The fourth-order valence-electron chi connectivity index (χ4n) is 3.94. The zero-order valence-corrected chi connectivity index (χ0v) is 20.2. The SMILES string of the molecule is O=C(CSc1nnc(-c2ccc(Cl)cc2)n1C1CCCCC1)N/N=C\c1ccc(C(F)(F)F)cc1. The average molecular weight is 522 g/mol. The summed E-state index contributed by atoms with van der Waals surface area (Å²) in [7, 11) is 0. The van der Waals surface area contributed by atoms with Gasteiger partial charge >= 0.3 is 6.18 Å². The summed E-state index contributed by atoms with van der Waals surface area (Å²) in [6, 6.07) is 12.2. The number of hydrazone groups is 1. The second-order valence-corrected chi connectivity index (χ2v) is 9.56. The Balaban J connectivity index is 1.41. The lowest BCUT2D eigenvalue weighted by molar-refractivity contribution is -0.137. The van der Waals surface area contributed by atoms with E-state index >= 15 is 0 Å². The molecule has 0 unspecified atom stereocenters. The van der Waals surface area contributed by atoms with Gasteiger partial charge in [-0.15, -0.1) is 10.2 Å². The summed E-state index contributed by atoms with van der Waals surface area (Å²) in [4.78, 5) is 12.3. The van der Waals surface area contributed by atoms with E-state index in [1.165, 1.54) is 36.5 Å². The van der Waals surface area contributed by atoms with E-state index in [4.69, 9.17) is 11.6 Å². The number of benzene rings is 2. The maximum atomic E-state index is 12.7. The van der Waals surface area contributed by atoms with Crippen LogP contribution < -0.4 is 5.43 Å². The minimum Gasteiger partial charge on any atom is -0.299 e. The van der Waals surface area contributed by atoms with Crippen molar-refractivity contribution < 1.29 is 18.0 Å². The lowest BCUT2D eigenvalue weighted by Gasteiger charge is -2.25. The molecule has 0 spiro atoms. The standard InChI is InChI=1S/C24H23ClF3N5OS/c25-19-12-8-17(9-13-19)22-31-32-23(33(22)20-4-2-1-3-5-20)35-15-21(34)30-29-14-16-6-10-18(11-7-16)24(26,27)28/h6-14,20H,1-5,15H2,(H,30,34)/b29-14-. The second kappa shape index (κ2) is 11.3. The van der Waals surface area contributed by atoms with Crippen LogP contribution >= 0.6 is 23.4 Å². The van der Waals surface area contributed by atoms with Gasteiger partial charge in [-0.3, -0.25) is 9.36 Å². The van der Waals surface area contributed by atoms with Crippen LogP contribution in [0.25, 0.3) is 11.4 Å². The maximum absolute atomic E-state index is 12.7. The van der Waals surface area contributed by atoms with E-state index in [-0.39, 0.29) is 17.7 Å². The highest BCUT2D eigenvalue weighted by atomic mass is 35.5. The average Bonchev–Trinajstić information content (AvgIpc) is 3.27. The van der Waals surface area contributed by atoms with Gasteiger partial charge in [0, 0.05) is 16.6 Å². The summed E-state index contributed by atoms with van der Waals surface area (Å²) in [6.45, 7) is 0. The summed E-state index contributed by atoms with van der Waals surface area (Å²) in [5.74, 6) is 0.455. The third kappa shape index (κ3) is 6.64. The number of nitrogens with zero attached hydrogens (tertiary/aromatic N) is 4. The van der Waals surface area contributed by atoms with Gasteiger partial charge in [0.05, 0.1) is 17.5 Å². The Hall–Kier alpha value is -2.85. The lowest BCUT2D eigenvalue weighted by Crippen LogP contribution is -2.20. The fraction of sp³-hybridized carbons (Fsp3) is 0.333. The molecule has 1 amide bonds. The molecule has 4 rings (SSSR count). The fourth-order valence-corrected chi connectivity index (χ4v) is 4.86. The van der Waals surface area contributed by atoms with E-state index in [9.17, 15) is 18.0 Å². The van der Waals surface area contributed by atoms with Crippen molar-refractivity contribution in [2.75, 3.05) is 5.75 Å². The van der Waals surface area contributed by atoms with Crippen LogP contribution in [-0.4, -0.2) is 32.6 Å². The number of thioether (sulfide) groups is 1. The van der Waals surface area contributed by atoms with Gasteiger partial charge in [0.1, 0.15) is 0 Å². The summed E-state index contributed by atoms with van der Waals surface area (Å²) < 4.78 is 40.1. The van der Waals surface area contributed by atoms with E-state index in [1.54, 1.807) is 0 Å². The van der Waals surface area contributed by atoms with Crippen LogP contribution in [0, 0.1) is 0 Å². The number of aromatic nitrogens is 3. The van der Waals surface area contributed by atoms with E-state index < -0.39 is 11.7 Å². The van der Waals surface area contributed by atoms with Gasteiger partial charge in [-0.05, 0) is 54.8 Å². The molecular weight excluding hydrogens is 499 g/mol. The van der Waals surface area contributed by atoms with Crippen LogP contribution in [0.2, 0.25) is 5.02 Å². The molecule has 1 N–H and O–H groups in total.